The van der Waals surface area contributed by atoms with Crippen LogP contribution in [0.2, 0.25) is 0 Å². The number of carbonyl (C=O) groups is 2. The Bertz CT molecular complexity index is 1020. The fourth-order valence-corrected chi connectivity index (χ4v) is 2.82. The summed E-state index contributed by atoms with van der Waals surface area (Å²) in [4.78, 5) is 35.0. The molecule has 1 aliphatic rings. The Morgan fingerprint density at radius 2 is 1.97 bits per heavy atom. The average Bonchev–Trinajstić information content (AvgIpc) is 2.70. The molecule has 2 rings (SSSR count). The topological polar surface area (TPSA) is 155 Å². The maximum absolute atomic E-state index is 12.8. The molecule has 0 spiro atoms. The van der Waals surface area contributed by atoms with Gasteiger partial charge in [0.25, 0.3) is 5.69 Å². The standard InChI is InChI=1S/C20H19N3O7/c1-11(2)19(24)28-8-9-29-20(25)16-12(3)30-18(22)14(10-21)17(16)13-6-4-5-7-15(13)23(26)27/h4-7,17H,1,8-9,22H2,2-3H3. The minimum absolute atomic E-state index is 0.0404. The number of nitriles is 1. The number of para-hydroxylation sites is 1. The van der Waals surface area contributed by atoms with Gasteiger partial charge in [-0.3, -0.25) is 10.1 Å². The zero-order valence-electron chi connectivity index (χ0n) is 16.3. The van der Waals surface area contributed by atoms with Gasteiger partial charge in [0.15, 0.2) is 0 Å². The highest BCUT2D eigenvalue weighted by Gasteiger charge is 2.39. The Hall–Kier alpha value is -4.13. The van der Waals surface area contributed by atoms with Crippen LogP contribution in [-0.4, -0.2) is 30.1 Å². The highest BCUT2D eigenvalue weighted by Crippen LogP contribution is 2.42. The van der Waals surface area contributed by atoms with Gasteiger partial charge >= 0.3 is 11.9 Å². The van der Waals surface area contributed by atoms with E-state index in [0.29, 0.717) is 0 Å². The first kappa shape index (κ1) is 22.2. The highest BCUT2D eigenvalue weighted by molar-refractivity contribution is 5.93. The van der Waals surface area contributed by atoms with Crippen molar-refractivity contribution in [3.05, 3.63) is 74.9 Å². The van der Waals surface area contributed by atoms with Crippen molar-refractivity contribution < 1.29 is 28.7 Å². The SMILES string of the molecule is C=C(C)C(=O)OCCOC(=O)C1=C(C)OC(N)=C(C#N)C1c1ccccc1[N+](=O)[O-]. The van der Waals surface area contributed by atoms with Crippen LogP contribution >= 0.6 is 0 Å². The number of nitrogens with zero attached hydrogens (tertiary/aromatic N) is 2. The third-order valence-electron chi connectivity index (χ3n) is 4.17. The van der Waals surface area contributed by atoms with Gasteiger partial charge in [0, 0.05) is 17.2 Å². The minimum atomic E-state index is -1.16. The van der Waals surface area contributed by atoms with Gasteiger partial charge < -0.3 is 19.9 Å². The summed E-state index contributed by atoms with van der Waals surface area (Å²) in [6.45, 7) is 5.84. The Labute approximate surface area is 172 Å². The van der Waals surface area contributed by atoms with Gasteiger partial charge in [0.2, 0.25) is 5.88 Å². The van der Waals surface area contributed by atoms with E-state index >= 15 is 0 Å². The number of allylic oxidation sites excluding steroid dienone is 2. The van der Waals surface area contributed by atoms with Crippen LogP contribution in [0.4, 0.5) is 5.69 Å². The van der Waals surface area contributed by atoms with Crippen molar-refractivity contribution >= 4 is 17.6 Å². The quantitative estimate of drug-likeness (QED) is 0.233. The molecule has 0 fully saturated rings. The van der Waals surface area contributed by atoms with E-state index in [1.54, 1.807) is 6.07 Å². The molecule has 0 bridgehead atoms. The molecule has 156 valence electrons. The fourth-order valence-electron chi connectivity index (χ4n) is 2.82. The van der Waals surface area contributed by atoms with Crippen molar-refractivity contribution in [2.24, 2.45) is 5.73 Å². The maximum atomic E-state index is 12.8. The lowest BCUT2D eigenvalue weighted by Crippen LogP contribution is -2.26. The fraction of sp³-hybridized carbons (Fsp3) is 0.250. The Morgan fingerprint density at radius 1 is 1.33 bits per heavy atom. The summed E-state index contributed by atoms with van der Waals surface area (Å²) in [5.41, 5.74) is 5.51. The lowest BCUT2D eigenvalue weighted by molar-refractivity contribution is -0.385. The summed E-state index contributed by atoms with van der Waals surface area (Å²) in [6.07, 6.45) is 0. The van der Waals surface area contributed by atoms with Crippen molar-refractivity contribution in [1.29, 1.82) is 5.26 Å². The predicted octanol–water partition coefficient (Wildman–Crippen LogP) is 2.34. The third-order valence-corrected chi connectivity index (χ3v) is 4.17. The highest BCUT2D eigenvalue weighted by atomic mass is 16.6. The molecule has 10 heteroatoms. The van der Waals surface area contributed by atoms with E-state index in [0.717, 1.165) is 0 Å². The van der Waals surface area contributed by atoms with E-state index in [2.05, 4.69) is 6.58 Å². The first-order valence-electron chi connectivity index (χ1n) is 8.70. The Kier molecular flexibility index (Phi) is 6.93. The van der Waals surface area contributed by atoms with Gasteiger partial charge in [0.1, 0.15) is 30.6 Å². The number of hydrogen-bond acceptors (Lipinski definition) is 9. The van der Waals surface area contributed by atoms with E-state index in [1.807, 2.05) is 6.07 Å². The molecule has 0 radical (unpaired) electrons. The second kappa shape index (κ2) is 9.38. The lowest BCUT2D eigenvalue weighted by Gasteiger charge is -2.26. The summed E-state index contributed by atoms with van der Waals surface area (Å²) in [5, 5.41) is 21.0. The summed E-state index contributed by atoms with van der Waals surface area (Å²) >= 11 is 0. The van der Waals surface area contributed by atoms with E-state index in [-0.39, 0.29) is 52.8 Å². The van der Waals surface area contributed by atoms with Crippen LogP contribution in [0.15, 0.2) is 59.2 Å². The molecule has 0 aliphatic carbocycles. The molecule has 1 aromatic carbocycles. The van der Waals surface area contributed by atoms with Gasteiger partial charge in [-0.1, -0.05) is 24.8 Å². The monoisotopic (exact) mass is 413 g/mol. The number of carbonyl (C=O) groups excluding carboxylic acids is 2. The van der Waals surface area contributed by atoms with Crippen molar-refractivity contribution in [1.82, 2.24) is 0 Å². The van der Waals surface area contributed by atoms with Crippen molar-refractivity contribution in [2.45, 2.75) is 19.8 Å². The van der Waals surface area contributed by atoms with E-state index < -0.39 is 22.8 Å². The number of hydrogen-bond donors (Lipinski definition) is 1. The van der Waals surface area contributed by atoms with Crippen LogP contribution < -0.4 is 5.73 Å². The second-order valence-corrected chi connectivity index (χ2v) is 6.26. The van der Waals surface area contributed by atoms with Crippen molar-refractivity contribution in [2.75, 3.05) is 13.2 Å². The summed E-state index contributed by atoms with van der Waals surface area (Å²) in [7, 11) is 0. The summed E-state index contributed by atoms with van der Waals surface area (Å²) in [6, 6.07) is 7.54. The average molecular weight is 413 g/mol. The maximum Gasteiger partial charge on any atom is 0.338 e. The molecule has 1 aromatic rings. The Morgan fingerprint density at radius 3 is 2.57 bits per heavy atom. The second-order valence-electron chi connectivity index (χ2n) is 6.26. The number of nitro groups is 1. The van der Waals surface area contributed by atoms with Crippen molar-refractivity contribution in [3.8, 4) is 6.07 Å². The van der Waals surface area contributed by atoms with Crippen LogP contribution in [0.5, 0.6) is 0 Å². The number of benzene rings is 1. The zero-order valence-corrected chi connectivity index (χ0v) is 16.3. The molecule has 2 N–H and O–H groups in total. The van der Waals surface area contributed by atoms with Crippen molar-refractivity contribution in [3.63, 3.8) is 0 Å². The van der Waals surface area contributed by atoms with Gasteiger partial charge in [-0.15, -0.1) is 0 Å². The lowest BCUT2D eigenvalue weighted by atomic mass is 9.82. The zero-order chi connectivity index (χ0) is 22.4. The van der Waals surface area contributed by atoms with Gasteiger partial charge in [-0.25, -0.2) is 9.59 Å². The normalized spacial score (nSPS) is 15.7. The van der Waals surface area contributed by atoms with Gasteiger partial charge in [0.05, 0.1) is 16.4 Å². The molecule has 10 nitrogen and oxygen atoms in total. The van der Waals surface area contributed by atoms with Crippen LogP contribution in [0, 0.1) is 21.4 Å². The van der Waals surface area contributed by atoms with Crippen LogP contribution in [0.25, 0.3) is 0 Å². The number of nitro benzene ring substituents is 1. The van der Waals surface area contributed by atoms with Crippen LogP contribution in [-0.2, 0) is 23.8 Å². The van der Waals surface area contributed by atoms with E-state index in [9.17, 15) is 25.0 Å². The molecule has 0 aromatic heterocycles. The van der Waals surface area contributed by atoms with E-state index in [4.69, 9.17) is 19.9 Å². The predicted molar refractivity (Wildman–Crippen MR) is 103 cm³/mol. The largest absolute Gasteiger partial charge is 0.459 e. The van der Waals surface area contributed by atoms with Gasteiger partial charge in [-0.2, -0.15) is 5.26 Å². The Balaban J connectivity index is 2.37. The molecule has 0 amide bonds. The number of nitrogens with two attached hydrogens (primary N) is 1. The summed E-state index contributed by atoms with van der Waals surface area (Å²) < 4.78 is 15.3. The van der Waals surface area contributed by atoms with Crippen LogP contribution in [0.1, 0.15) is 25.3 Å². The summed E-state index contributed by atoms with van der Waals surface area (Å²) in [5.74, 6) is -2.90. The molecule has 1 aliphatic heterocycles. The third kappa shape index (κ3) is 4.64. The minimum Gasteiger partial charge on any atom is -0.459 e. The molecular weight excluding hydrogens is 394 g/mol. The molecule has 1 heterocycles. The first-order valence-corrected chi connectivity index (χ1v) is 8.70. The molecule has 1 atom stereocenters. The number of ether oxygens (including phenoxy) is 3. The molecule has 0 saturated carbocycles. The first-order chi connectivity index (χ1) is 14.2. The van der Waals surface area contributed by atoms with Crippen LogP contribution in [0.3, 0.4) is 0 Å². The molecule has 30 heavy (non-hydrogen) atoms. The smallest absolute Gasteiger partial charge is 0.338 e. The number of esters is 2. The van der Waals surface area contributed by atoms with Gasteiger partial charge in [-0.05, 0) is 13.8 Å². The van der Waals surface area contributed by atoms with E-state index in [1.165, 1.54) is 32.0 Å². The number of rotatable bonds is 7. The molecule has 1 unspecified atom stereocenters. The molecule has 0 saturated heterocycles. The molecular formula is C20H19N3O7.